The highest BCUT2D eigenvalue weighted by Crippen LogP contribution is 2.56. The summed E-state index contributed by atoms with van der Waals surface area (Å²) in [7, 11) is 0. The molecule has 0 amide bonds. The number of aromatic nitrogens is 2. The molecule has 0 radical (unpaired) electrons. The summed E-state index contributed by atoms with van der Waals surface area (Å²) < 4.78 is 255. The van der Waals surface area contributed by atoms with E-state index in [9.17, 15) is 15.1 Å². The van der Waals surface area contributed by atoms with Crippen molar-refractivity contribution in [3.8, 4) is 54.4 Å². The van der Waals surface area contributed by atoms with Gasteiger partial charge < -0.3 is 0 Å². The molecule has 3 heteroatoms. The summed E-state index contributed by atoms with van der Waals surface area (Å²) in [6, 6.07) is -12.8. The molecule has 59 heavy (non-hydrogen) atoms. The molecule has 0 aliphatic carbocycles. The molecule has 3 aromatic heterocycles. The maximum absolute atomic E-state index is 9.91. The molecule has 274 valence electrons. The molecule has 2 nitrogen and oxygen atoms in total. The Morgan fingerprint density at radius 2 is 0.831 bits per heavy atom. The number of benzene rings is 9. The number of nitrogens with zero attached hydrogens (tertiary/aromatic N) is 2. The molecule has 0 unspecified atom stereocenters. The van der Waals surface area contributed by atoms with E-state index >= 15 is 0 Å². The molecule has 0 atom stereocenters. The van der Waals surface area contributed by atoms with E-state index in [0.717, 1.165) is 0 Å². The van der Waals surface area contributed by atoms with Gasteiger partial charge in [0, 0.05) is 54.5 Å². The summed E-state index contributed by atoms with van der Waals surface area (Å²) in [6.07, 6.45) is -0.684. The van der Waals surface area contributed by atoms with E-state index in [-0.39, 0.29) is 59.8 Å². The van der Waals surface area contributed by atoms with Gasteiger partial charge in [-0.2, -0.15) is 0 Å². The molecule has 0 saturated carbocycles. The molecule has 12 rings (SSSR count). The van der Waals surface area contributed by atoms with Crippen LogP contribution in [-0.2, 0) is 0 Å². The highest BCUT2D eigenvalue weighted by Gasteiger charge is 2.27. The Kier molecular flexibility index (Phi) is 3.70. The average molecular weight is 795 g/mol. The first-order chi connectivity index (χ1) is 40.9. The number of fused-ring (bicyclic) bond motifs is 7. The third kappa shape index (κ3) is 5.40. The van der Waals surface area contributed by atoms with Gasteiger partial charge in [0.15, 0.2) is 0 Å². The average Bonchev–Trinajstić information content (AvgIpc) is 1.68. The number of thiophene rings is 1. The molecule has 0 fully saturated rings. The molecule has 0 aliphatic rings. The van der Waals surface area contributed by atoms with E-state index in [4.69, 9.17) is 28.3 Å². The topological polar surface area (TPSA) is 25.8 Å². The molecule has 0 bridgehead atoms. The predicted molar refractivity (Wildman–Crippen MR) is 252 cm³/mol. The van der Waals surface area contributed by atoms with Crippen molar-refractivity contribution in [2.75, 3.05) is 0 Å². The van der Waals surface area contributed by atoms with Crippen LogP contribution in [0.1, 0.15) is 38.4 Å². The van der Waals surface area contributed by atoms with Crippen LogP contribution in [0.5, 0.6) is 0 Å². The van der Waals surface area contributed by atoms with Crippen molar-refractivity contribution in [2.45, 2.75) is 0 Å². The smallest absolute Gasteiger partial charge is 0.0972 e. The van der Waals surface area contributed by atoms with E-state index < -0.39 is 229 Å². The summed E-state index contributed by atoms with van der Waals surface area (Å²) in [5.74, 6) is 0. The van der Waals surface area contributed by atoms with Crippen LogP contribution >= 0.6 is 11.3 Å². The van der Waals surface area contributed by atoms with Gasteiger partial charge in [0.05, 0.1) is 55.1 Å². The fourth-order valence-electron chi connectivity index (χ4n) is 7.41. The highest BCUT2D eigenvalue weighted by atomic mass is 32.1. The van der Waals surface area contributed by atoms with Gasteiger partial charge in [-0.15, -0.1) is 11.3 Å². The van der Waals surface area contributed by atoms with E-state index in [2.05, 4.69) is 4.98 Å². The Labute approximate surface area is 384 Å². The van der Waals surface area contributed by atoms with Crippen molar-refractivity contribution in [3.63, 3.8) is 0 Å². The van der Waals surface area contributed by atoms with Crippen LogP contribution in [0, 0.1) is 0 Å². The molecule has 0 aliphatic heterocycles. The number of pyridine rings is 2. The second kappa shape index (κ2) is 13.6. The third-order valence-corrected chi connectivity index (χ3v) is 11.2. The van der Waals surface area contributed by atoms with Gasteiger partial charge in [0.1, 0.15) is 0 Å². The van der Waals surface area contributed by atoms with E-state index in [0.29, 0.717) is 11.3 Å². The summed E-state index contributed by atoms with van der Waals surface area (Å²) in [5, 5.41) is -3.82. The Bertz CT molecular complexity index is 5250. The van der Waals surface area contributed by atoms with Gasteiger partial charge in [-0.05, 0) is 66.3 Å². The zero-order valence-electron chi connectivity index (χ0n) is 57.8. The number of hydrogen-bond donors (Lipinski definition) is 0. The Morgan fingerprint density at radius 1 is 0.356 bits per heavy atom. The van der Waals surface area contributed by atoms with Crippen molar-refractivity contribution < 1.29 is 38.4 Å². The lowest BCUT2D eigenvalue weighted by atomic mass is 9.85. The summed E-state index contributed by atoms with van der Waals surface area (Å²) in [6.45, 7) is 0. The largest absolute Gasteiger partial charge is 0.254 e. The first kappa shape index (κ1) is 16.1. The van der Waals surface area contributed by atoms with Crippen LogP contribution in [0.3, 0.4) is 0 Å². The third-order valence-electron chi connectivity index (χ3n) is 9.95. The maximum Gasteiger partial charge on any atom is 0.0972 e. The minimum absolute atomic E-state index is 0.0500. The van der Waals surface area contributed by atoms with Gasteiger partial charge >= 0.3 is 0 Å². The molecule has 12 aromatic rings. The Hall–Kier alpha value is -7.46. The molecule has 3 heterocycles. The minimum Gasteiger partial charge on any atom is -0.254 e. The van der Waals surface area contributed by atoms with Gasteiger partial charge in [-0.25, -0.2) is 4.98 Å². The SMILES string of the molecule is [2H]c1nc2c(c([2H])c1[2H])c([2H])c([2H])c1c([2H])c([2H])c(-c3ccc(-c4c(-c5c([2H])c([2H])c([2H])c6c([2H])c([2H])c([2H])c([2H])c56)sc(-c5c([2H])c([2H])c([2H])c6c([2H])c([2H])c([2H])c([2H])c56)c4-c4c([2H])c([2H])c([2H])c5c([2H])c([2H])c([2H])c([2H])c45)c4ccccc34)nc12. The lowest BCUT2D eigenvalue weighted by Gasteiger charge is -2.17. The van der Waals surface area contributed by atoms with Crippen LogP contribution in [-0.4, -0.2) is 9.97 Å². The van der Waals surface area contributed by atoms with Crippen molar-refractivity contribution in [1.82, 2.24) is 9.97 Å². The quantitative estimate of drug-likeness (QED) is 0.162. The van der Waals surface area contributed by atoms with Crippen LogP contribution in [0.4, 0.5) is 0 Å². The van der Waals surface area contributed by atoms with Crippen LogP contribution < -0.4 is 0 Å². The van der Waals surface area contributed by atoms with Gasteiger partial charge in [0.25, 0.3) is 0 Å². The Morgan fingerprint density at radius 3 is 1.47 bits per heavy atom. The van der Waals surface area contributed by atoms with E-state index in [1.165, 1.54) is 24.3 Å². The monoisotopic (exact) mass is 794 g/mol. The van der Waals surface area contributed by atoms with Crippen molar-refractivity contribution in [2.24, 2.45) is 0 Å². The zero-order chi connectivity index (χ0) is 63.2. The Balaban J connectivity index is 1.38. The standard InChI is InChI=1S/C56H34N2S/c1-4-20-40-35(13-1)16-9-25-46(40)51-52(56(49-27-11-18-37-15-3-6-22-42(37)49)59-55(51)48-26-10-17-36-14-2-5-21-41(36)48)47-32-31-45(43-23-7-8-24-44(43)47)50-33-30-39-29-28-38-19-12-34-57-53(38)54(39)58-50/h1-34H/i1D,2D,3D,4D,5D,6D,9D,10D,11D,12D,13D,14D,15D,16D,17D,18D,19D,20D,21D,22D,25D,26D,27D,28D,29D,30D,33D,34D. The van der Waals surface area contributed by atoms with Crippen LogP contribution in [0.15, 0.2) is 206 Å². The van der Waals surface area contributed by atoms with E-state index in [1.54, 1.807) is 12.1 Å². The first-order valence-corrected chi connectivity index (χ1v) is 18.6. The van der Waals surface area contributed by atoms with Crippen LogP contribution in [0.2, 0.25) is 0 Å². The van der Waals surface area contributed by atoms with Gasteiger partial charge in [-0.1, -0.05) is 187 Å². The lowest BCUT2D eigenvalue weighted by Crippen LogP contribution is -1.93. The molecule has 0 N–H and O–H groups in total. The number of rotatable bonds is 5. The lowest BCUT2D eigenvalue weighted by molar-refractivity contribution is 1.37. The zero-order valence-corrected chi connectivity index (χ0v) is 30.6. The summed E-state index contributed by atoms with van der Waals surface area (Å²) in [4.78, 5) is 8.19. The highest BCUT2D eigenvalue weighted by molar-refractivity contribution is 7.20. The second-order valence-electron chi connectivity index (χ2n) is 13.1. The fourth-order valence-corrected chi connectivity index (χ4v) is 8.74. The molecular formula is C56H34N2S. The van der Waals surface area contributed by atoms with Crippen LogP contribution in [0.25, 0.3) is 119 Å². The summed E-state index contributed by atoms with van der Waals surface area (Å²) >= 11 is 0.516. The van der Waals surface area contributed by atoms with Gasteiger partial charge in [-0.3, -0.25) is 4.98 Å². The van der Waals surface area contributed by atoms with E-state index in [1.807, 2.05) is 0 Å². The molecular weight excluding hydrogens is 733 g/mol. The molecule has 9 aromatic carbocycles. The van der Waals surface area contributed by atoms with Gasteiger partial charge in [0.2, 0.25) is 0 Å². The first-order valence-electron chi connectivity index (χ1n) is 31.8. The summed E-state index contributed by atoms with van der Waals surface area (Å²) in [5.41, 5.74) is -3.26. The van der Waals surface area contributed by atoms with Crippen molar-refractivity contribution in [1.29, 1.82) is 0 Å². The normalized spacial score (nSPS) is 18.4. The fraction of sp³-hybridized carbons (Fsp3) is 0. The van der Waals surface area contributed by atoms with Crippen molar-refractivity contribution in [3.05, 3.63) is 206 Å². The van der Waals surface area contributed by atoms with Crippen molar-refractivity contribution >= 4 is 76.2 Å². The molecule has 0 saturated heterocycles. The number of hydrogen-bond acceptors (Lipinski definition) is 3. The maximum atomic E-state index is 9.91. The predicted octanol–water partition coefficient (Wildman–Crippen LogP) is 15.8. The molecule has 0 spiro atoms. The minimum atomic E-state index is -0.929. The second-order valence-corrected chi connectivity index (χ2v) is 14.1.